The first-order valence-corrected chi connectivity index (χ1v) is 6.58. The summed E-state index contributed by atoms with van der Waals surface area (Å²) in [4.78, 5) is 25.7. The molecule has 0 aromatic heterocycles. The van der Waals surface area contributed by atoms with Crippen molar-refractivity contribution in [3.63, 3.8) is 0 Å². The summed E-state index contributed by atoms with van der Waals surface area (Å²) in [5.74, 6) is 0.419. The number of fused-ring (bicyclic) bond motifs is 1. The van der Waals surface area contributed by atoms with Gasteiger partial charge in [-0.05, 0) is 25.2 Å². The van der Waals surface area contributed by atoms with Crippen LogP contribution in [-0.2, 0) is 9.59 Å². The Morgan fingerprint density at radius 1 is 1.56 bits per heavy atom. The van der Waals surface area contributed by atoms with Crippen molar-refractivity contribution in [2.24, 2.45) is 0 Å². The summed E-state index contributed by atoms with van der Waals surface area (Å²) < 4.78 is 0. The van der Waals surface area contributed by atoms with Crippen molar-refractivity contribution in [2.75, 3.05) is 36.6 Å². The minimum absolute atomic E-state index is 0.00569. The smallest absolute Gasteiger partial charge is 0.240 e. The van der Waals surface area contributed by atoms with Gasteiger partial charge in [-0.3, -0.25) is 9.59 Å². The molecule has 0 spiro atoms. The Hall–Kier alpha value is -1.53. The lowest BCUT2D eigenvalue weighted by Crippen LogP contribution is -2.34. The van der Waals surface area contributed by atoms with E-state index in [1.807, 2.05) is 18.2 Å². The van der Waals surface area contributed by atoms with Crippen LogP contribution in [0.3, 0.4) is 0 Å². The molecule has 0 saturated heterocycles. The molecule has 0 fully saturated rings. The number of anilines is 2. The average molecular weight is 265 g/mol. The maximum Gasteiger partial charge on any atom is 0.240 e. The molecule has 1 aromatic rings. The van der Waals surface area contributed by atoms with E-state index in [-0.39, 0.29) is 18.4 Å². The van der Waals surface area contributed by atoms with Crippen LogP contribution in [-0.4, -0.2) is 38.2 Å². The van der Waals surface area contributed by atoms with E-state index < -0.39 is 0 Å². The highest BCUT2D eigenvalue weighted by molar-refractivity contribution is 8.00. The highest BCUT2D eigenvalue weighted by Crippen LogP contribution is 2.34. The Morgan fingerprint density at radius 2 is 2.33 bits per heavy atom. The van der Waals surface area contributed by atoms with Crippen molar-refractivity contribution in [3.05, 3.63) is 18.2 Å². The molecule has 0 atom stereocenters. The number of rotatable bonds is 3. The number of hydrogen-bond donors (Lipinski definition) is 2. The van der Waals surface area contributed by atoms with Crippen LogP contribution in [0.15, 0.2) is 23.1 Å². The Labute approximate surface area is 110 Å². The summed E-state index contributed by atoms with van der Waals surface area (Å²) in [7, 11) is 3.45. The second-order valence-corrected chi connectivity index (χ2v) is 5.02. The lowest BCUT2D eigenvalue weighted by molar-refractivity contribution is -0.117. The summed E-state index contributed by atoms with van der Waals surface area (Å²) in [6, 6.07) is 5.64. The summed E-state index contributed by atoms with van der Waals surface area (Å²) >= 11 is 1.51. The lowest BCUT2D eigenvalue weighted by Gasteiger charge is -2.21. The maximum atomic E-state index is 11.7. The summed E-state index contributed by atoms with van der Waals surface area (Å²) in [6.07, 6.45) is 0. The highest BCUT2D eigenvalue weighted by atomic mass is 32.2. The van der Waals surface area contributed by atoms with Crippen LogP contribution in [0.5, 0.6) is 0 Å². The SMILES string of the molecule is CNCC(=O)N(C)c1ccc2c(c1)NC(=O)CS2. The van der Waals surface area contributed by atoms with E-state index in [1.165, 1.54) is 11.8 Å². The molecule has 1 aliphatic rings. The van der Waals surface area contributed by atoms with Crippen LogP contribution < -0.4 is 15.5 Å². The third kappa shape index (κ3) is 2.65. The van der Waals surface area contributed by atoms with Crippen molar-refractivity contribution in [1.82, 2.24) is 5.32 Å². The molecule has 1 aromatic carbocycles. The molecule has 96 valence electrons. The zero-order chi connectivity index (χ0) is 13.1. The second-order valence-electron chi connectivity index (χ2n) is 4.00. The van der Waals surface area contributed by atoms with Gasteiger partial charge >= 0.3 is 0 Å². The summed E-state index contributed by atoms with van der Waals surface area (Å²) in [6.45, 7) is 0.286. The van der Waals surface area contributed by atoms with E-state index in [2.05, 4.69) is 10.6 Å². The van der Waals surface area contributed by atoms with Gasteiger partial charge in [0.2, 0.25) is 11.8 Å². The molecule has 0 unspecified atom stereocenters. The number of thioether (sulfide) groups is 1. The van der Waals surface area contributed by atoms with Crippen molar-refractivity contribution in [3.8, 4) is 0 Å². The van der Waals surface area contributed by atoms with Crippen molar-refractivity contribution in [1.29, 1.82) is 0 Å². The van der Waals surface area contributed by atoms with E-state index >= 15 is 0 Å². The Bertz CT molecular complexity index is 490. The average Bonchev–Trinajstić information content (AvgIpc) is 2.37. The number of nitrogens with one attached hydrogen (secondary N) is 2. The third-order valence-corrected chi connectivity index (χ3v) is 3.76. The topological polar surface area (TPSA) is 61.4 Å². The molecular formula is C12H15N3O2S. The number of benzene rings is 1. The van der Waals surface area contributed by atoms with Gasteiger partial charge in [-0.2, -0.15) is 0 Å². The molecule has 0 saturated carbocycles. The number of carbonyl (C=O) groups excluding carboxylic acids is 2. The van der Waals surface area contributed by atoms with Crippen LogP contribution in [0.2, 0.25) is 0 Å². The van der Waals surface area contributed by atoms with Gasteiger partial charge in [-0.15, -0.1) is 11.8 Å². The van der Waals surface area contributed by atoms with Gasteiger partial charge in [0, 0.05) is 17.6 Å². The van der Waals surface area contributed by atoms with Crippen LogP contribution in [0.1, 0.15) is 0 Å². The Balaban J connectivity index is 2.22. The largest absolute Gasteiger partial charge is 0.324 e. The summed E-state index contributed by atoms with van der Waals surface area (Å²) in [5, 5.41) is 5.64. The van der Waals surface area contributed by atoms with Crippen LogP contribution in [0, 0.1) is 0 Å². The molecule has 1 aliphatic heterocycles. The van der Waals surface area contributed by atoms with Gasteiger partial charge in [-0.25, -0.2) is 0 Å². The van der Waals surface area contributed by atoms with Gasteiger partial charge in [0.25, 0.3) is 0 Å². The first-order chi connectivity index (χ1) is 8.61. The molecule has 0 bridgehead atoms. The molecule has 18 heavy (non-hydrogen) atoms. The molecule has 1 heterocycles. The van der Waals surface area contributed by atoms with Gasteiger partial charge in [0.1, 0.15) is 0 Å². The van der Waals surface area contributed by atoms with E-state index in [0.717, 1.165) is 16.3 Å². The molecule has 0 aliphatic carbocycles. The molecular weight excluding hydrogens is 250 g/mol. The number of nitrogens with zero attached hydrogens (tertiary/aromatic N) is 1. The van der Waals surface area contributed by atoms with E-state index in [4.69, 9.17) is 0 Å². The van der Waals surface area contributed by atoms with Crippen LogP contribution in [0.25, 0.3) is 0 Å². The fraction of sp³-hybridized carbons (Fsp3) is 0.333. The molecule has 5 nitrogen and oxygen atoms in total. The highest BCUT2D eigenvalue weighted by Gasteiger charge is 2.17. The van der Waals surface area contributed by atoms with E-state index in [0.29, 0.717) is 5.75 Å². The van der Waals surface area contributed by atoms with Crippen LogP contribution in [0.4, 0.5) is 11.4 Å². The molecule has 2 amide bonds. The Kier molecular flexibility index (Phi) is 3.88. The monoisotopic (exact) mass is 265 g/mol. The van der Waals surface area contributed by atoms with E-state index in [1.54, 1.807) is 19.0 Å². The predicted octanol–water partition coefficient (Wildman–Crippen LogP) is 0.913. The molecule has 2 N–H and O–H groups in total. The molecule has 6 heteroatoms. The van der Waals surface area contributed by atoms with Gasteiger partial charge < -0.3 is 15.5 Å². The van der Waals surface area contributed by atoms with Crippen molar-refractivity contribution >= 4 is 35.0 Å². The minimum atomic E-state index is -0.0211. The van der Waals surface area contributed by atoms with Gasteiger partial charge in [0.05, 0.1) is 18.0 Å². The maximum absolute atomic E-state index is 11.7. The quantitative estimate of drug-likeness (QED) is 0.853. The molecule has 0 radical (unpaired) electrons. The summed E-state index contributed by atoms with van der Waals surface area (Å²) in [5.41, 5.74) is 1.55. The first kappa shape index (κ1) is 12.9. The molecule has 2 rings (SSSR count). The fourth-order valence-electron chi connectivity index (χ4n) is 1.69. The van der Waals surface area contributed by atoms with Crippen molar-refractivity contribution in [2.45, 2.75) is 4.90 Å². The third-order valence-electron chi connectivity index (χ3n) is 2.69. The number of carbonyl (C=O) groups is 2. The normalized spacial score (nSPS) is 13.8. The fourth-order valence-corrected chi connectivity index (χ4v) is 2.48. The standard InChI is InChI=1S/C12H15N3O2S/c1-13-6-12(17)15(2)8-3-4-10-9(5-8)14-11(16)7-18-10/h3-5,13H,6-7H2,1-2H3,(H,14,16). The van der Waals surface area contributed by atoms with E-state index in [9.17, 15) is 9.59 Å². The predicted molar refractivity (Wildman–Crippen MR) is 73.1 cm³/mol. The lowest BCUT2D eigenvalue weighted by atomic mass is 10.2. The number of hydrogen-bond acceptors (Lipinski definition) is 4. The Morgan fingerprint density at radius 3 is 3.06 bits per heavy atom. The van der Waals surface area contributed by atoms with Crippen molar-refractivity contribution < 1.29 is 9.59 Å². The first-order valence-electron chi connectivity index (χ1n) is 5.59. The second kappa shape index (κ2) is 5.41. The zero-order valence-electron chi connectivity index (χ0n) is 10.3. The van der Waals surface area contributed by atoms with Gasteiger partial charge in [0.15, 0.2) is 0 Å². The number of likely N-dealkylation sites (N-methyl/N-ethyl adjacent to an activating group) is 2. The number of amides is 2. The van der Waals surface area contributed by atoms with Crippen LogP contribution >= 0.6 is 11.8 Å². The van der Waals surface area contributed by atoms with Gasteiger partial charge in [-0.1, -0.05) is 0 Å². The minimum Gasteiger partial charge on any atom is -0.324 e. The zero-order valence-corrected chi connectivity index (χ0v) is 11.1.